The molecule has 0 bridgehead atoms. The van der Waals surface area contributed by atoms with E-state index in [2.05, 4.69) is 48.7 Å². The van der Waals surface area contributed by atoms with Crippen LogP contribution in [-0.2, 0) is 9.53 Å². The van der Waals surface area contributed by atoms with Crippen molar-refractivity contribution in [3.8, 4) is 0 Å². The molecule has 1 heterocycles. The fourth-order valence-corrected chi connectivity index (χ4v) is 7.46. The first-order valence-electron chi connectivity index (χ1n) is 11.4. The lowest BCUT2D eigenvalue weighted by molar-refractivity contribution is -0.148. The van der Waals surface area contributed by atoms with Gasteiger partial charge in [-0.1, -0.05) is 31.6 Å². The Bertz CT molecular complexity index is 896. The van der Waals surface area contributed by atoms with Crippen molar-refractivity contribution in [1.82, 2.24) is 9.55 Å². The molecule has 4 aliphatic carbocycles. The van der Waals surface area contributed by atoms with Gasteiger partial charge in [0.2, 0.25) is 0 Å². The molecule has 156 valence electrons. The highest BCUT2D eigenvalue weighted by molar-refractivity contribution is 5.66. The lowest BCUT2D eigenvalue weighted by Gasteiger charge is -2.57. The zero-order valence-electron chi connectivity index (χ0n) is 18.3. The van der Waals surface area contributed by atoms with E-state index in [-0.39, 0.29) is 22.9 Å². The number of esters is 1. The summed E-state index contributed by atoms with van der Waals surface area (Å²) in [6, 6.07) is 0. The average Bonchev–Trinajstić information content (AvgIpc) is 3.24. The van der Waals surface area contributed by atoms with Crippen molar-refractivity contribution in [1.29, 1.82) is 0 Å². The summed E-state index contributed by atoms with van der Waals surface area (Å²) in [6.07, 6.45) is 17.3. The smallest absolute Gasteiger partial charge is 0.302 e. The number of carbonyl (C=O) groups excluding carboxylic acids is 1. The van der Waals surface area contributed by atoms with Gasteiger partial charge in [0.05, 0.1) is 12.0 Å². The Labute approximate surface area is 174 Å². The minimum atomic E-state index is -0.138. The number of fused-ring (bicyclic) bond motifs is 5. The molecule has 0 amide bonds. The van der Waals surface area contributed by atoms with Gasteiger partial charge in [-0.05, 0) is 68.6 Å². The van der Waals surface area contributed by atoms with E-state index in [0.29, 0.717) is 0 Å². The molecule has 0 spiro atoms. The van der Waals surface area contributed by atoms with Crippen molar-refractivity contribution in [2.75, 3.05) is 0 Å². The van der Waals surface area contributed by atoms with Crippen LogP contribution in [0.4, 0.5) is 0 Å². The van der Waals surface area contributed by atoms with Crippen molar-refractivity contribution in [2.45, 2.75) is 78.7 Å². The standard InChI is InChI=1S/C25H34N2O2/c1-16-14-27(15-26-16)23-8-7-21-20-6-5-18-13-19(29-17(2)28)9-11-24(18,3)22(20)10-12-25(21,23)4/h5,8,14-15,19-22H,6-7,9-13H2,1-4H3/t19-,20?,21?,22?,24-,25-/m0/s1. The molecule has 4 nitrogen and oxygen atoms in total. The number of rotatable bonds is 2. The Morgan fingerprint density at radius 2 is 1.93 bits per heavy atom. The summed E-state index contributed by atoms with van der Waals surface area (Å²) in [5.74, 6) is 2.10. The molecule has 2 saturated carbocycles. The molecule has 0 aromatic carbocycles. The molecule has 2 fully saturated rings. The summed E-state index contributed by atoms with van der Waals surface area (Å²) in [5.41, 5.74) is 4.67. The molecule has 0 N–H and O–H groups in total. The van der Waals surface area contributed by atoms with Crippen LogP contribution in [0.5, 0.6) is 0 Å². The predicted octanol–water partition coefficient (Wildman–Crippen LogP) is 5.54. The minimum absolute atomic E-state index is 0.0847. The second-order valence-corrected chi connectivity index (χ2v) is 10.4. The van der Waals surface area contributed by atoms with Crippen molar-refractivity contribution in [2.24, 2.45) is 28.6 Å². The molecule has 4 heteroatoms. The Hall–Kier alpha value is -1.84. The quantitative estimate of drug-likeness (QED) is 0.489. The third kappa shape index (κ3) is 2.85. The summed E-state index contributed by atoms with van der Waals surface area (Å²) in [5, 5.41) is 0. The van der Waals surface area contributed by atoms with Crippen LogP contribution in [-0.4, -0.2) is 21.6 Å². The van der Waals surface area contributed by atoms with Crippen LogP contribution >= 0.6 is 0 Å². The van der Waals surface area contributed by atoms with E-state index in [9.17, 15) is 4.79 Å². The molecule has 0 saturated heterocycles. The van der Waals surface area contributed by atoms with Gasteiger partial charge in [-0.2, -0.15) is 0 Å². The molecule has 5 rings (SSSR count). The van der Waals surface area contributed by atoms with Crippen molar-refractivity contribution in [3.63, 3.8) is 0 Å². The molecule has 4 aliphatic rings. The van der Waals surface area contributed by atoms with E-state index in [1.165, 1.54) is 38.3 Å². The number of hydrogen-bond acceptors (Lipinski definition) is 3. The third-order valence-corrected chi connectivity index (χ3v) is 8.92. The summed E-state index contributed by atoms with van der Waals surface area (Å²) >= 11 is 0. The van der Waals surface area contributed by atoms with Crippen LogP contribution in [0, 0.1) is 35.5 Å². The highest BCUT2D eigenvalue weighted by Crippen LogP contribution is 2.65. The number of imidazole rings is 1. The molecule has 1 aromatic rings. The number of hydrogen-bond donors (Lipinski definition) is 0. The molecule has 6 atom stereocenters. The first-order chi connectivity index (χ1) is 13.8. The number of ether oxygens (including phenoxy) is 1. The van der Waals surface area contributed by atoms with Gasteiger partial charge in [0.1, 0.15) is 6.10 Å². The first-order valence-corrected chi connectivity index (χ1v) is 11.4. The van der Waals surface area contributed by atoms with Gasteiger partial charge >= 0.3 is 5.97 Å². The van der Waals surface area contributed by atoms with Gasteiger partial charge in [-0.15, -0.1) is 0 Å². The normalized spacial score (nSPS) is 41.0. The van der Waals surface area contributed by atoms with Crippen LogP contribution < -0.4 is 0 Å². The topological polar surface area (TPSA) is 44.1 Å². The van der Waals surface area contributed by atoms with Crippen LogP contribution in [0.25, 0.3) is 5.70 Å². The zero-order valence-corrected chi connectivity index (χ0v) is 18.3. The maximum Gasteiger partial charge on any atom is 0.302 e. The number of nitrogens with zero attached hydrogens (tertiary/aromatic N) is 2. The summed E-state index contributed by atoms with van der Waals surface area (Å²) in [4.78, 5) is 15.9. The number of allylic oxidation sites excluding steroid dienone is 3. The fourth-order valence-electron chi connectivity index (χ4n) is 7.46. The van der Waals surface area contributed by atoms with E-state index >= 15 is 0 Å². The van der Waals surface area contributed by atoms with Gasteiger partial charge in [0, 0.05) is 30.7 Å². The maximum absolute atomic E-state index is 11.4. The zero-order chi connectivity index (χ0) is 20.4. The Morgan fingerprint density at radius 1 is 1.14 bits per heavy atom. The van der Waals surface area contributed by atoms with E-state index in [1.807, 2.05) is 6.33 Å². The number of carbonyl (C=O) groups is 1. The van der Waals surface area contributed by atoms with Crippen molar-refractivity contribution in [3.05, 3.63) is 35.9 Å². The SMILES string of the molecule is CC(=O)O[C@H]1CC[C@@]2(C)C(=CCC3C2CC[C@]2(C)C(n4cnc(C)c4)=CCC32)C1. The van der Waals surface area contributed by atoms with Crippen LogP contribution in [0.1, 0.15) is 71.4 Å². The second kappa shape index (κ2) is 6.58. The third-order valence-electron chi connectivity index (χ3n) is 8.92. The molecule has 0 aliphatic heterocycles. The fraction of sp³-hybridized carbons (Fsp3) is 0.680. The summed E-state index contributed by atoms with van der Waals surface area (Å²) in [6.45, 7) is 8.61. The highest BCUT2D eigenvalue weighted by atomic mass is 16.5. The van der Waals surface area contributed by atoms with Crippen LogP contribution in [0.15, 0.2) is 30.2 Å². The largest absolute Gasteiger partial charge is 0.462 e. The molecule has 29 heavy (non-hydrogen) atoms. The molecule has 1 aromatic heterocycles. The highest BCUT2D eigenvalue weighted by Gasteiger charge is 2.57. The number of aromatic nitrogens is 2. The predicted molar refractivity (Wildman–Crippen MR) is 114 cm³/mol. The second-order valence-electron chi connectivity index (χ2n) is 10.4. The van der Waals surface area contributed by atoms with Gasteiger partial charge in [0.15, 0.2) is 0 Å². The van der Waals surface area contributed by atoms with E-state index in [0.717, 1.165) is 42.7 Å². The summed E-state index contributed by atoms with van der Waals surface area (Å²) < 4.78 is 7.86. The van der Waals surface area contributed by atoms with Gasteiger partial charge < -0.3 is 9.30 Å². The lowest BCUT2D eigenvalue weighted by Crippen LogP contribution is -2.50. The molecule has 0 radical (unpaired) electrons. The van der Waals surface area contributed by atoms with Gasteiger partial charge in [-0.25, -0.2) is 4.98 Å². The van der Waals surface area contributed by atoms with Crippen LogP contribution in [0.3, 0.4) is 0 Å². The maximum atomic E-state index is 11.4. The van der Waals surface area contributed by atoms with E-state index < -0.39 is 0 Å². The Morgan fingerprint density at radius 3 is 2.66 bits per heavy atom. The van der Waals surface area contributed by atoms with Crippen molar-refractivity contribution < 1.29 is 9.53 Å². The molecule has 3 unspecified atom stereocenters. The van der Waals surface area contributed by atoms with E-state index in [1.54, 1.807) is 5.57 Å². The summed E-state index contributed by atoms with van der Waals surface area (Å²) in [7, 11) is 0. The van der Waals surface area contributed by atoms with Gasteiger partial charge in [-0.3, -0.25) is 4.79 Å². The van der Waals surface area contributed by atoms with Gasteiger partial charge in [0.25, 0.3) is 0 Å². The average molecular weight is 395 g/mol. The molecular formula is C25H34N2O2. The Kier molecular flexibility index (Phi) is 4.34. The lowest BCUT2D eigenvalue weighted by atomic mass is 9.48. The van der Waals surface area contributed by atoms with Crippen molar-refractivity contribution >= 4 is 11.7 Å². The van der Waals surface area contributed by atoms with E-state index in [4.69, 9.17) is 4.74 Å². The monoisotopic (exact) mass is 394 g/mol. The minimum Gasteiger partial charge on any atom is -0.462 e. The Balaban J connectivity index is 1.41. The van der Waals surface area contributed by atoms with Crippen LogP contribution in [0.2, 0.25) is 0 Å². The molecular weight excluding hydrogens is 360 g/mol. The first kappa shape index (κ1) is 19.1. The number of aryl methyl sites for hydroxylation is 1.